The lowest BCUT2D eigenvalue weighted by Gasteiger charge is -2.59. The van der Waals surface area contributed by atoms with E-state index in [2.05, 4.69) is 170 Å². The number of hydrogen-bond donors (Lipinski definition) is 4. The minimum Gasteiger partial charge on any atom is -0.481 e. The van der Waals surface area contributed by atoms with Gasteiger partial charge in [-0.3, -0.25) is 19.2 Å². The van der Waals surface area contributed by atoms with Gasteiger partial charge < -0.3 is 20.4 Å². The third-order valence-corrected chi connectivity index (χ3v) is 41.3. The average Bonchev–Trinajstić information content (AvgIpc) is 1.13. The first kappa shape index (κ1) is 93.8. The fraction of sp³-hybridized carbons (Fsp3) is 0.821. The smallest absolute Gasteiger partial charge is 0.312 e. The van der Waals surface area contributed by atoms with Gasteiger partial charge in [-0.2, -0.15) is 0 Å². The molecule has 0 amide bonds. The zero-order valence-electron chi connectivity index (χ0n) is 80.8. The lowest BCUT2D eigenvalue weighted by molar-refractivity contribution is -0.175. The molecule has 0 radical (unpaired) electrons. The summed E-state index contributed by atoms with van der Waals surface area (Å²) in [7, 11) is 0. The van der Waals surface area contributed by atoms with Gasteiger partial charge in [0.1, 0.15) is 11.6 Å². The van der Waals surface area contributed by atoms with E-state index in [-0.39, 0.29) is 28.6 Å². The van der Waals surface area contributed by atoms with E-state index in [0.717, 1.165) is 143 Å². The molecule has 0 aliphatic heterocycles. The molecule has 0 spiro atoms. The Kier molecular flexibility index (Phi) is 28.4. The van der Waals surface area contributed by atoms with Crippen molar-refractivity contribution in [2.75, 3.05) is 0 Å². The van der Waals surface area contributed by atoms with Crippen LogP contribution in [0.3, 0.4) is 0 Å². The number of aliphatic hydroxyl groups is 2. The van der Waals surface area contributed by atoms with Crippen LogP contribution in [-0.4, -0.2) is 56.1 Å². The molecule has 0 aromatic rings. The van der Waals surface area contributed by atoms with Gasteiger partial charge >= 0.3 is 11.9 Å². The second-order valence-corrected chi connectivity index (χ2v) is 48.2. The standard InChI is InChI=1S/C29H46O3.C28H44O3.C28H44O.C27H42O/c1-18(2)8-7-9-19(3)21-11-12-22-20-10-13-24-28(5,23(20)14-16-27(21,22)4)17-15-25(30)29(24,6)26(31)32;1-17(2)7-6-8-18(3)20-11-12-21-19-9-10-23-25(26(30)31)24(29)14-16-28(23,5)22(19)13-15-27(20,21)4;1-18(2)8-7-9-19(3)22-12-13-24-21-10-11-23-20(4)26(29)15-17-28(23,6)25(21)14-16-27(22,24)5;1-18(2)7-6-8-19(3)23-11-12-24-22-10-9-20-17-21(28)13-15-26(20,4)25(22)14-16-27(23,24)5/h8,19,21-22,24-25,30H,7,9-17H2,1-6H3,(H,31,32);7,18,20-21,23-25,29H,6,8-16H2,1-5H3,(H,30,31);8,19-20,22-24H,7,9-17H2,1-6H3;7,19-20,23-24H,6,8-17H2,1-5H3/t19?,21?,22?,24?,25-,27+,28+,29-;18?,20?,21?,23?,24-,25?,27+,28+;19?,20?,22?,23?,24?,27-,28+;19?,20?,23?,24?,26-,27+/m0010/s1. The number of aliphatic hydroxyl groups excluding tert-OH is 2. The van der Waals surface area contributed by atoms with Crippen molar-refractivity contribution < 1.29 is 39.6 Å². The van der Waals surface area contributed by atoms with Crippen LogP contribution in [0.1, 0.15) is 416 Å². The molecule has 8 saturated carbocycles. The van der Waals surface area contributed by atoms with Gasteiger partial charge in [0.05, 0.1) is 23.5 Å². The fourth-order valence-electron chi connectivity index (χ4n) is 34.4. The maximum Gasteiger partial charge on any atom is 0.312 e. The van der Waals surface area contributed by atoms with Crippen LogP contribution in [0, 0.1) is 155 Å². The van der Waals surface area contributed by atoms with Crippen LogP contribution in [0.5, 0.6) is 0 Å². The number of ketones is 2. The Morgan fingerprint density at radius 3 is 1.11 bits per heavy atom. The van der Waals surface area contributed by atoms with Gasteiger partial charge in [-0.15, -0.1) is 0 Å². The molecule has 8 heteroatoms. The maximum atomic E-state index is 12.4. The molecule has 120 heavy (non-hydrogen) atoms. The van der Waals surface area contributed by atoms with Crippen LogP contribution in [0.2, 0.25) is 0 Å². The predicted octanol–water partition coefficient (Wildman–Crippen LogP) is 29.5. The van der Waals surface area contributed by atoms with E-state index in [4.69, 9.17) is 0 Å². The first-order valence-corrected chi connectivity index (χ1v) is 50.8. The van der Waals surface area contributed by atoms with Crippen LogP contribution >= 0.6 is 0 Å². The molecule has 4 N–H and O–H groups in total. The van der Waals surface area contributed by atoms with Crippen LogP contribution in [0.15, 0.2) is 91.2 Å². The molecule has 672 valence electrons. The zero-order chi connectivity index (χ0) is 87.1. The van der Waals surface area contributed by atoms with Crippen molar-refractivity contribution in [1.29, 1.82) is 0 Å². The van der Waals surface area contributed by atoms with E-state index >= 15 is 0 Å². The molecular formula is C112H176O8. The van der Waals surface area contributed by atoms with Crippen LogP contribution in [0.4, 0.5) is 0 Å². The van der Waals surface area contributed by atoms with Crippen LogP contribution < -0.4 is 0 Å². The highest BCUT2D eigenvalue weighted by Gasteiger charge is 2.65. The summed E-state index contributed by atoms with van der Waals surface area (Å²) in [6, 6.07) is 0. The predicted molar refractivity (Wildman–Crippen MR) is 497 cm³/mol. The third-order valence-electron chi connectivity index (χ3n) is 41.3. The number of carboxylic acids is 2. The monoisotopic (exact) mass is 1650 g/mol. The number of hydrogen-bond acceptors (Lipinski definition) is 6. The molecule has 0 aromatic heterocycles. The normalized spacial score (nSPS) is 42.9. The van der Waals surface area contributed by atoms with Crippen LogP contribution in [-0.2, 0) is 19.2 Å². The number of carbonyl (C=O) groups excluding carboxylic acids is 2. The van der Waals surface area contributed by atoms with Crippen molar-refractivity contribution in [3.05, 3.63) is 91.2 Å². The van der Waals surface area contributed by atoms with Crippen molar-refractivity contribution in [3.8, 4) is 0 Å². The number of carbonyl (C=O) groups is 4. The van der Waals surface area contributed by atoms with Gasteiger partial charge in [0.2, 0.25) is 0 Å². The number of carboxylic acid groups (broad SMARTS) is 2. The van der Waals surface area contributed by atoms with Crippen molar-refractivity contribution in [1.82, 2.24) is 0 Å². The van der Waals surface area contributed by atoms with Gasteiger partial charge in [-0.25, -0.2) is 0 Å². The van der Waals surface area contributed by atoms with E-state index in [1.165, 1.54) is 189 Å². The molecule has 8 fully saturated rings. The Morgan fingerprint density at radius 1 is 0.383 bits per heavy atom. The second-order valence-electron chi connectivity index (χ2n) is 48.2. The van der Waals surface area contributed by atoms with E-state index in [1.807, 2.05) is 29.2 Å². The Bertz CT molecular complexity index is 4030. The molecule has 0 aromatic carbocycles. The minimum atomic E-state index is -1.02. The highest BCUT2D eigenvalue weighted by molar-refractivity contribution is 5.82. The molecule has 0 heterocycles. The summed E-state index contributed by atoms with van der Waals surface area (Å²) in [5.74, 6) is 10.2. The van der Waals surface area contributed by atoms with Crippen LogP contribution in [0.25, 0.3) is 0 Å². The van der Waals surface area contributed by atoms with E-state index < -0.39 is 35.5 Å². The van der Waals surface area contributed by atoms with E-state index in [0.29, 0.717) is 80.6 Å². The molecular weight excluding hydrogens is 1470 g/mol. The summed E-state index contributed by atoms with van der Waals surface area (Å²) >= 11 is 0. The minimum absolute atomic E-state index is 0.0235. The molecule has 16 aliphatic carbocycles. The lowest BCUT2D eigenvalue weighted by atomic mass is 9.45. The summed E-state index contributed by atoms with van der Waals surface area (Å²) in [5, 5.41) is 41.2. The van der Waals surface area contributed by atoms with Gasteiger partial charge in [-0.05, 0) is 444 Å². The molecule has 18 unspecified atom stereocenters. The molecule has 0 bridgehead atoms. The lowest BCUT2D eigenvalue weighted by Crippen LogP contribution is -2.58. The fourth-order valence-corrected chi connectivity index (χ4v) is 34.4. The SMILES string of the molecule is CC(C)=CCCC(C)C1CCC2C3=C(CC[C@@]21C)[C@@]1(C)CCC(=O)C(C)C1CC3.CC(C)=CCCC(C)C1CCC2C3=C(CC[C@@]21C)[C@@]1(C)CCC(=O)CC1CC3.CC(C)=CCCC(C)C1CCC2C3=C(CC[C@@]21C)[C@@]1(C)CC[C@H](O)C(C(=O)O)C1CC3.CC(C)=CCCC(C)C1CCC2C3=C(CC[C@@]21C)[C@@]1(C)CC[C@H](O)[C@@](C)(C(=O)O)C1CC3. The zero-order valence-corrected chi connectivity index (χ0v) is 80.8. The molecule has 8 nitrogen and oxygen atoms in total. The molecule has 16 rings (SSSR count). The van der Waals surface area contributed by atoms with Crippen molar-refractivity contribution in [2.24, 2.45) is 155 Å². The summed E-state index contributed by atoms with van der Waals surface area (Å²) in [6.45, 7) is 52.0. The Balaban J connectivity index is 0.000000138. The van der Waals surface area contributed by atoms with Crippen molar-refractivity contribution in [2.45, 2.75) is 428 Å². The molecule has 16 aliphatic rings. The summed E-state index contributed by atoms with van der Waals surface area (Å²) in [5.41, 5.74) is 21.2. The third kappa shape index (κ3) is 16.9. The van der Waals surface area contributed by atoms with Gasteiger partial charge in [0.25, 0.3) is 0 Å². The number of rotatable bonds is 18. The number of allylic oxidation sites excluding steroid dienone is 16. The van der Waals surface area contributed by atoms with Gasteiger partial charge in [0, 0.05) is 25.2 Å². The Labute approximate surface area is 732 Å². The number of aliphatic carboxylic acids is 2. The first-order valence-electron chi connectivity index (χ1n) is 50.8. The topological polar surface area (TPSA) is 149 Å². The van der Waals surface area contributed by atoms with Gasteiger partial charge in [-0.1, -0.05) is 181 Å². The molecule has 0 saturated heterocycles. The van der Waals surface area contributed by atoms with E-state index in [1.54, 1.807) is 22.3 Å². The van der Waals surface area contributed by atoms with E-state index in [9.17, 15) is 39.6 Å². The largest absolute Gasteiger partial charge is 0.481 e. The Hall–Kier alpha value is -3.88. The maximum absolute atomic E-state index is 12.4. The van der Waals surface area contributed by atoms with Crippen molar-refractivity contribution >= 4 is 23.5 Å². The number of fused-ring (bicyclic) bond motifs is 16. The number of Topliss-reactive ketones (excluding diaryl/α,β-unsaturated/α-hetero) is 2. The summed E-state index contributed by atoms with van der Waals surface area (Å²) < 4.78 is 0. The highest BCUT2D eigenvalue weighted by atomic mass is 16.4. The summed E-state index contributed by atoms with van der Waals surface area (Å²) in [4.78, 5) is 48.9. The highest BCUT2D eigenvalue weighted by Crippen LogP contribution is 2.73. The first-order chi connectivity index (χ1) is 56.5. The summed E-state index contributed by atoms with van der Waals surface area (Å²) in [6.07, 6.45) is 56.6. The second kappa shape index (κ2) is 36.3. The van der Waals surface area contributed by atoms with Crippen molar-refractivity contribution in [3.63, 3.8) is 0 Å². The quantitative estimate of drug-likeness (QED) is 0.0992. The molecule has 29 atom stereocenters. The average molecular weight is 1650 g/mol. The Morgan fingerprint density at radius 2 is 0.725 bits per heavy atom. The van der Waals surface area contributed by atoms with Gasteiger partial charge in [0.15, 0.2) is 0 Å².